The van der Waals surface area contributed by atoms with Crippen molar-refractivity contribution >= 4 is 40.4 Å². The Balaban J connectivity index is 1.20. The number of hydrogen-bond donors (Lipinski definition) is 4. The third-order valence-electron chi connectivity index (χ3n) is 5.97. The van der Waals surface area contributed by atoms with Gasteiger partial charge in [0.05, 0.1) is 5.92 Å². The molecule has 0 saturated carbocycles. The Kier molecular flexibility index (Phi) is 5.87. The fraction of sp³-hybridized carbons (Fsp3) is 0.154. The van der Waals surface area contributed by atoms with Crippen molar-refractivity contribution in [3.8, 4) is 11.5 Å². The quantitative estimate of drug-likeness (QED) is 0.269. The predicted molar refractivity (Wildman–Crippen MR) is 141 cm³/mol. The first kappa shape index (κ1) is 22.6. The van der Waals surface area contributed by atoms with Gasteiger partial charge in [-0.1, -0.05) is 6.07 Å². The highest BCUT2D eigenvalue weighted by atomic mass is 16.2. The molecule has 1 saturated heterocycles. The van der Waals surface area contributed by atoms with Crippen molar-refractivity contribution in [2.75, 3.05) is 29.0 Å². The molecule has 0 atom stereocenters. The summed E-state index contributed by atoms with van der Waals surface area (Å²) in [6.45, 7) is 3.38. The molecule has 1 aromatic carbocycles. The molecule has 0 aliphatic carbocycles. The molecule has 0 spiro atoms. The Bertz CT molecular complexity index is 1580. The van der Waals surface area contributed by atoms with Gasteiger partial charge >= 0.3 is 0 Å². The van der Waals surface area contributed by atoms with E-state index >= 15 is 0 Å². The van der Waals surface area contributed by atoms with Crippen LogP contribution in [0, 0.1) is 12.8 Å². The summed E-state index contributed by atoms with van der Waals surface area (Å²) >= 11 is 0. The van der Waals surface area contributed by atoms with Crippen molar-refractivity contribution in [2.45, 2.75) is 6.92 Å². The summed E-state index contributed by atoms with van der Waals surface area (Å²) in [7, 11) is 0. The summed E-state index contributed by atoms with van der Waals surface area (Å²) < 4.78 is 1.76. The molecule has 1 aliphatic rings. The number of rotatable bonds is 7. The summed E-state index contributed by atoms with van der Waals surface area (Å²) in [5.74, 6) is 2.16. The van der Waals surface area contributed by atoms with E-state index in [9.17, 15) is 4.79 Å². The molecule has 184 valence electrons. The molecular formula is C26H24N10O. The van der Waals surface area contributed by atoms with Gasteiger partial charge in [0.2, 0.25) is 17.7 Å². The highest BCUT2D eigenvalue weighted by Crippen LogP contribution is 2.24. The standard InChI is InChI=1S/C26H24N10O/c1-16-4-2-5-20(29-16)23-34-24(21-6-3-13-36(21)35-23)32-22-11-12-28-26(33-22)31-19-9-7-18(8-10-19)30-25(37)17-14-27-15-17/h2-13,17,27H,14-15H2,1H3,(H,30,37)(H2,28,31,32,33,34,35). The molecule has 0 bridgehead atoms. The van der Waals surface area contributed by atoms with Crippen molar-refractivity contribution < 1.29 is 4.79 Å². The van der Waals surface area contributed by atoms with E-state index in [0.29, 0.717) is 29.1 Å². The minimum absolute atomic E-state index is 0.0321. The lowest BCUT2D eigenvalue weighted by atomic mass is 10.0. The van der Waals surface area contributed by atoms with E-state index in [-0.39, 0.29) is 11.8 Å². The second-order valence-electron chi connectivity index (χ2n) is 8.72. The van der Waals surface area contributed by atoms with Crippen LogP contribution in [0.1, 0.15) is 5.69 Å². The maximum atomic E-state index is 12.1. The van der Waals surface area contributed by atoms with Gasteiger partial charge in [-0.15, -0.1) is 5.10 Å². The molecule has 11 heteroatoms. The number of nitrogens with zero attached hydrogens (tertiary/aromatic N) is 6. The summed E-state index contributed by atoms with van der Waals surface area (Å²) in [6.07, 6.45) is 3.53. The van der Waals surface area contributed by atoms with Crippen LogP contribution in [0.15, 0.2) is 73.1 Å². The third kappa shape index (κ3) is 4.93. The zero-order chi connectivity index (χ0) is 25.2. The van der Waals surface area contributed by atoms with E-state index in [1.54, 1.807) is 16.8 Å². The van der Waals surface area contributed by atoms with Gasteiger partial charge in [0.15, 0.2) is 5.82 Å². The van der Waals surface area contributed by atoms with Crippen LogP contribution in [0.5, 0.6) is 0 Å². The summed E-state index contributed by atoms with van der Waals surface area (Å²) in [6, 6.07) is 18.8. The Morgan fingerprint density at radius 2 is 1.78 bits per heavy atom. The van der Waals surface area contributed by atoms with Gasteiger partial charge in [-0.25, -0.2) is 19.5 Å². The van der Waals surface area contributed by atoms with E-state index < -0.39 is 0 Å². The number of amides is 1. The largest absolute Gasteiger partial charge is 0.326 e. The molecule has 4 N–H and O–H groups in total. The Labute approximate surface area is 212 Å². The van der Waals surface area contributed by atoms with Gasteiger partial charge < -0.3 is 21.3 Å². The average molecular weight is 493 g/mol. The molecule has 5 heterocycles. The molecule has 1 amide bonds. The van der Waals surface area contributed by atoms with Gasteiger partial charge in [-0.3, -0.25) is 4.79 Å². The first-order valence-electron chi connectivity index (χ1n) is 11.9. The molecule has 0 unspecified atom stereocenters. The van der Waals surface area contributed by atoms with Crippen molar-refractivity contribution in [2.24, 2.45) is 5.92 Å². The van der Waals surface area contributed by atoms with Crippen molar-refractivity contribution in [3.63, 3.8) is 0 Å². The maximum Gasteiger partial charge on any atom is 0.230 e. The maximum absolute atomic E-state index is 12.1. The fourth-order valence-corrected chi connectivity index (χ4v) is 3.90. The van der Waals surface area contributed by atoms with E-state index in [0.717, 1.165) is 35.7 Å². The first-order valence-corrected chi connectivity index (χ1v) is 11.9. The predicted octanol–water partition coefficient (Wildman–Crippen LogP) is 3.53. The number of fused-ring (bicyclic) bond motifs is 1. The molecule has 0 radical (unpaired) electrons. The van der Waals surface area contributed by atoms with Gasteiger partial charge in [0.1, 0.15) is 17.0 Å². The smallest absolute Gasteiger partial charge is 0.230 e. The summed E-state index contributed by atoms with van der Waals surface area (Å²) in [5, 5.41) is 17.1. The van der Waals surface area contributed by atoms with Crippen LogP contribution in [0.25, 0.3) is 17.0 Å². The van der Waals surface area contributed by atoms with Crippen molar-refractivity contribution in [3.05, 3.63) is 78.8 Å². The fourth-order valence-electron chi connectivity index (χ4n) is 3.90. The lowest BCUT2D eigenvalue weighted by molar-refractivity contribution is -0.121. The van der Waals surface area contributed by atoms with E-state index in [1.165, 1.54) is 0 Å². The highest BCUT2D eigenvalue weighted by molar-refractivity contribution is 5.93. The molecule has 1 aliphatic heterocycles. The molecule has 4 aromatic heterocycles. The second-order valence-corrected chi connectivity index (χ2v) is 8.72. The Morgan fingerprint density at radius 3 is 2.57 bits per heavy atom. The highest BCUT2D eigenvalue weighted by Gasteiger charge is 2.24. The SMILES string of the molecule is Cc1cccc(-c2nc(Nc3ccnc(Nc4ccc(NC(=O)C5CNC5)cc4)n3)c3cccn3n2)n1. The van der Waals surface area contributed by atoms with Crippen LogP contribution in [0.4, 0.5) is 29.0 Å². The number of carbonyl (C=O) groups excluding carboxylic acids is 1. The van der Waals surface area contributed by atoms with E-state index in [1.807, 2.05) is 67.7 Å². The number of benzene rings is 1. The van der Waals surface area contributed by atoms with Gasteiger partial charge in [0.25, 0.3) is 0 Å². The molecule has 37 heavy (non-hydrogen) atoms. The number of anilines is 5. The van der Waals surface area contributed by atoms with Crippen LogP contribution in [0.3, 0.4) is 0 Å². The summed E-state index contributed by atoms with van der Waals surface area (Å²) in [5.41, 5.74) is 3.93. The van der Waals surface area contributed by atoms with Gasteiger partial charge in [0, 0.05) is 42.6 Å². The van der Waals surface area contributed by atoms with Crippen molar-refractivity contribution in [1.29, 1.82) is 0 Å². The first-order chi connectivity index (χ1) is 18.1. The van der Waals surface area contributed by atoms with Crippen LogP contribution in [-0.2, 0) is 4.79 Å². The summed E-state index contributed by atoms with van der Waals surface area (Å²) in [4.78, 5) is 30.3. The number of aromatic nitrogens is 6. The second kappa shape index (κ2) is 9.63. The van der Waals surface area contributed by atoms with Gasteiger partial charge in [-0.05, 0) is 61.5 Å². The van der Waals surface area contributed by atoms with Crippen LogP contribution in [0.2, 0.25) is 0 Å². The molecule has 11 nitrogen and oxygen atoms in total. The van der Waals surface area contributed by atoms with Crippen LogP contribution in [-0.4, -0.2) is 48.5 Å². The molecule has 6 rings (SSSR count). The van der Waals surface area contributed by atoms with E-state index in [4.69, 9.17) is 4.98 Å². The number of aryl methyl sites for hydroxylation is 1. The third-order valence-corrected chi connectivity index (χ3v) is 5.97. The number of hydrogen-bond acceptors (Lipinski definition) is 9. The number of carbonyl (C=O) groups is 1. The lowest BCUT2D eigenvalue weighted by Crippen LogP contribution is -2.48. The minimum atomic E-state index is 0.0321. The lowest BCUT2D eigenvalue weighted by Gasteiger charge is -2.25. The average Bonchev–Trinajstić information content (AvgIpc) is 3.34. The number of nitrogens with one attached hydrogen (secondary N) is 4. The Hall–Kier alpha value is -4.90. The molecule has 5 aromatic rings. The Morgan fingerprint density at radius 1 is 0.946 bits per heavy atom. The zero-order valence-electron chi connectivity index (χ0n) is 20.0. The zero-order valence-corrected chi connectivity index (χ0v) is 20.0. The van der Waals surface area contributed by atoms with Gasteiger partial charge in [-0.2, -0.15) is 4.98 Å². The van der Waals surface area contributed by atoms with Crippen molar-refractivity contribution in [1.82, 2.24) is 34.9 Å². The van der Waals surface area contributed by atoms with Crippen LogP contribution < -0.4 is 21.3 Å². The normalized spacial score (nSPS) is 13.2. The number of pyridine rings is 1. The molecule has 1 fully saturated rings. The monoisotopic (exact) mass is 492 g/mol. The van der Waals surface area contributed by atoms with Crippen LogP contribution >= 0.6 is 0 Å². The van der Waals surface area contributed by atoms with E-state index in [2.05, 4.69) is 41.3 Å². The molecular weight excluding hydrogens is 468 g/mol. The topological polar surface area (TPSA) is 134 Å². The minimum Gasteiger partial charge on any atom is -0.326 e.